The molecule has 0 spiro atoms. The van der Waals surface area contributed by atoms with Crippen molar-refractivity contribution in [3.63, 3.8) is 0 Å². The van der Waals surface area contributed by atoms with Gasteiger partial charge in [-0.1, -0.05) is 0 Å². The molecular weight excluding hydrogens is 130 g/mol. The lowest BCUT2D eigenvalue weighted by molar-refractivity contribution is 1.02. The molecule has 0 amide bonds. The third kappa shape index (κ3) is 1.14. The maximum Gasteiger partial charge on any atom is 0.186 e. The van der Waals surface area contributed by atoms with Crippen LogP contribution in [0, 0.1) is 0 Å². The number of nitrogens with one attached hydrogen (secondary N) is 2. The maximum atomic E-state index is 5.13. The number of rotatable bonds is 2. The van der Waals surface area contributed by atoms with Crippen LogP contribution in [0.4, 0.5) is 11.5 Å². The first kappa shape index (κ1) is 6.76. The molecule has 0 fully saturated rings. The Morgan fingerprint density at radius 1 is 1.60 bits per heavy atom. The number of nitrogens with zero attached hydrogens (tertiary/aromatic N) is 2. The van der Waals surface area contributed by atoms with Crippen molar-refractivity contribution < 1.29 is 0 Å². The number of hydrogen-bond donors (Lipinski definition) is 3. The number of hydrogen-bond acceptors (Lipinski definition) is 5. The highest BCUT2D eigenvalue weighted by molar-refractivity contribution is 5.61. The van der Waals surface area contributed by atoms with Gasteiger partial charge in [-0.05, 0) is 6.07 Å². The number of nitrogens with two attached hydrogens (primary N) is 1. The molecule has 4 N–H and O–H groups in total. The van der Waals surface area contributed by atoms with Crippen molar-refractivity contribution in [3.8, 4) is 0 Å². The highest BCUT2D eigenvalue weighted by Crippen LogP contribution is 2.12. The van der Waals surface area contributed by atoms with E-state index >= 15 is 0 Å². The largest absolute Gasteiger partial charge is 0.385 e. The molecule has 0 aliphatic heterocycles. The average Bonchev–Trinajstić information content (AvgIpc) is 2.04. The number of hydrazine groups is 1. The lowest BCUT2D eigenvalue weighted by atomic mass is 10.4. The Hall–Kier alpha value is -1.36. The highest BCUT2D eigenvalue weighted by Gasteiger charge is 1.96. The van der Waals surface area contributed by atoms with Crippen molar-refractivity contribution in [1.29, 1.82) is 0 Å². The van der Waals surface area contributed by atoms with Crippen LogP contribution in [0.3, 0.4) is 0 Å². The Morgan fingerprint density at radius 3 is 2.90 bits per heavy atom. The molecule has 1 rings (SSSR count). The van der Waals surface area contributed by atoms with Crippen molar-refractivity contribution >= 4 is 11.5 Å². The van der Waals surface area contributed by atoms with Crippen molar-refractivity contribution in [2.24, 2.45) is 5.84 Å². The first-order chi connectivity index (χ1) is 4.88. The van der Waals surface area contributed by atoms with Crippen LogP contribution in [0.25, 0.3) is 0 Å². The van der Waals surface area contributed by atoms with Gasteiger partial charge in [-0.2, -0.15) is 5.10 Å². The van der Waals surface area contributed by atoms with Crippen LogP contribution >= 0.6 is 0 Å². The Bertz CT molecular complexity index is 188. The van der Waals surface area contributed by atoms with Crippen LogP contribution in [0.15, 0.2) is 12.3 Å². The second kappa shape index (κ2) is 2.98. The van der Waals surface area contributed by atoms with E-state index in [2.05, 4.69) is 20.9 Å². The van der Waals surface area contributed by atoms with Gasteiger partial charge in [0.05, 0.1) is 11.9 Å². The van der Waals surface area contributed by atoms with Crippen LogP contribution in [0.1, 0.15) is 0 Å². The molecule has 1 heterocycles. The molecular formula is C5H9N5. The lowest BCUT2D eigenvalue weighted by Gasteiger charge is -2.03. The van der Waals surface area contributed by atoms with E-state index in [9.17, 15) is 0 Å². The molecule has 0 aliphatic carbocycles. The normalized spacial score (nSPS) is 9.00. The molecule has 0 bridgehead atoms. The molecule has 0 unspecified atom stereocenters. The molecule has 0 aromatic carbocycles. The molecule has 5 heteroatoms. The third-order valence-corrected chi connectivity index (χ3v) is 1.13. The van der Waals surface area contributed by atoms with E-state index in [1.807, 2.05) is 0 Å². The van der Waals surface area contributed by atoms with Crippen LogP contribution in [0.5, 0.6) is 0 Å². The van der Waals surface area contributed by atoms with E-state index in [4.69, 9.17) is 5.84 Å². The summed E-state index contributed by atoms with van der Waals surface area (Å²) in [5.74, 6) is 5.68. The molecule has 54 valence electrons. The number of nitrogen functional groups attached to an aromatic ring is 1. The van der Waals surface area contributed by atoms with Gasteiger partial charge in [0.1, 0.15) is 0 Å². The third-order valence-electron chi connectivity index (χ3n) is 1.13. The summed E-state index contributed by atoms with van der Waals surface area (Å²) in [6.07, 6.45) is 1.59. The van der Waals surface area contributed by atoms with Gasteiger partial charge >= 0.3 is 0 Å². The molecule has 0 atom stereocenters. The minimum absolute atomic E-state index is 0.546. The zero-order chi connectivity index (χ0) is 7.40. The molecule has 0 radical (unpaired) electrons. The van der Waals surface area contributed by atoms with Gasteiger partial charge in [0, 0.05) is 7.05 Å². The van der Waals surface area contributed by atoms with Crippen molar-refractivity contribution in [3.05, 3.63) is 12.3 Å². The van der Waals surface area contributed by atoms with Gasteiger partial charge in [-0.3, -0.25) is 0 Å². The summed E-state index contributed by atoms with van der Waals surface area (Å²) in [5, 5.41) is 10.3. The minimum atomic E-state index is 0.546. The average molecular weight is 139 g/mol. The fourth-order valence-corrected chi connectivity index (χ4v) is 0.640. The summed E-state index contributed by atoms with van der Waals surface area (Å²) >= 11 is 0. The fourth-order valence-electron chi connectivity index (χ4n) is 0.640. The molecule has 1 aromatic heterocycles. The number of aromatic nitrogens is 2. The molecule has 0 aliphatic rings. The smallest absolute Gasteiger partial charge is 0.186 e. The predicted molar refractivity (Wildman–Crippen MR) is 39.4 cm³/mol. The summed E-state index contributed by atoms with van der Waals surface area (Å²) in [7, 11) is 1.79. The molecule has 10 heavy (non-hydrogen) atoms. The molecule has 0 saturated heterocycles. The second-order valence-electron chi connectivity index (χ2n) is 1.69. The maximum absolute atomic E-state index is 5.13. The van der Waals surface area contributed by atoms with Crippen molar-refractivity contribution in [1.82, 2.24) is 10.2 Å². The van der Waals surface area contributed by atoms with E-state index in [1.165, 1.54) is 0 Å². The first-order valence-electron chi connectivity index (χ1n) is 2.84. The first-order valence-corrected chi connectivity index (χ1v) is 2.84. The van der Waals surface area contributed by atoms with Crippen LogP contribution < -0.4 is 16.6 Å². The van der Waals surface area contributed by atoms with E-state index in [1.54, 1.807) is 19.3 Å². The fraction of sp³-hybridized carbons (Fsp3) is 0.200. The van der Waals surface area contributed by atoms with E-state index in [0.29, 0.717) is 5.82 Å². The minimum Gasteiger partial charge on any atom is -0.385 e. The monoisotopic (exact) mass is 139 g/mol. The SMILES string of the molecule is CNc1ccnnc1NN. The second-order valence-corrected chi connectivity index (χ2v) is 1.69. The Kier molecular flexibility index (Phi) is 2.01. The Morgan fingerprint density at radius 2 is 2.40 bits per heavy atom. The molecule has 0 saturated carbocycles. The summed E-state index contributed by atoms with van der Waals surface area (Å²) < 4.78 is 0. The summed E-state index contributed by atoms with van der Waals surface area (Å²) in [4.78, 5) is 0. The molecule has 5 nitrogen and oxygen atoms in total. The standard InChI is InChI=1S/C5H9N5/c1-7-4-2-3-8-10-5(4)9-6/h2-3H,6H2,1H3,(H,7,8)(H,9,10). The Labute approximate surface area is 58.6 Å². The quantitative estimate of drug-likeness (QED) is 0.391. The lowest BCUT2D eigenvalue weighted by Crippen LogP contribution is -2.11. The van der Waals surface area contributed by atoms with Crippen LogP contribution in [0.2, 0.25) is 0 Å². The van der Waals surface area contributed by atoms with E-state index in [0.717, 1.165) is 5.69 Å². The number of anilines is 2. The highest BCUT2D eigenvalue weighted by atomic mass is 15.3. The van der Waals surface area contributed by atoms with Crippen LogP contribution in [-0.2, 0) is 0 Å². The van der Waals surface area contributed by atoms with Crippen LogP contribution in [-0.4, -0.2) is 17.2 Å². The van der Waals surface area contributed by atoms with Gasteiger partial charge in [-0.15, -0.1) is 5.10 Å². The van der Waals surface area contributed by atoms with Crippen molar-refractivity contribution in [2.75, 3.05) is 17.8 Å². The van der Waals surface area contributed by atoms with Gasteiger partial charge in [0.25, 0.3) is 0 Å². The van der Waals surface area contributed by atoms with Gasteiger partial charge < -0.3 is 10.7 Å². The van der Waals surface area contributed by atoms with Crippen molar-refractivity contribution in [2.45, 2.75) is 0 Å². The van der Waals surface area contributed by atoms with E-state index < -0.39 is 0 Å². The molecule has 1 aromatic rings. The summed E-state index contributed by atoms with van der Waals surface area (Å²) in [5.41, 5.74) is 3.24. The predicted octanol–water partition coefficient (Wildman–Crippen LogP) is -0.196. The van der Waals surface area contributed by atoms with Gasteiger partial charge in [0.15, 0.2) is 5.82 Å². The summed E-state index contributed by atoms with van der Waals surface area (Å²) in [6, 6.07) is 1.78. The zero-order valence-electron chi connectivity index (χ0n) is 5.63. The topological polar surface area (TPSA) is 75.9 Å². The summed E-state index contributed by atoms with van der Waals surface area (Å²) in [6.45, 7) is 0. The van der Waals surface area contributed by atoms with Gasteiger partial charge in [-0.25, -0.2) is 5.84 Å². The van der Waals surface area contributed by atoms with E-state index in [-0.39, 0.29) is 0 Å². The zero-order valence-corrected chi connectivity index (χ0v) is 5.63. The van der Waals surface area contributed by atoms with Gasteiger partial charge in [0.2, 0.25) is 0 Å². The Balaban J connectivity index is 2.96.